The van der Waals surface area contributed by atoms with Gasteiger partial charge in [-0.2, -0.15) is 4.73 Å². The molecule has 4 nitrogen and oxygen atoms in total. The van der Waals surface area contributed by atoms with Crippen LogP contribution in [-0.4, -0.2) is 23.1 Å². The molecule has 2 aromatic carbocycles. The summed E-state index contributed by atoms with van der Waals surface area (Å²) >= 11 is 1.27. The van der Waals surface area contributed by atoms with Crippen molar-refractivity contribution in [2.45, 2.75) is 18.0 Å². The van der Waals surface area contributed by atoms with Crippen LogP contribution >= 0.6 is 11.8 Å². The van der Waals surface area contributed by atoms with Crippen LogP contribution in [0, 0.1) is 5.21 Å². The van der Waals surface area contributed by atoms with Crippen LogP contribution in [0.4, 0.5) is 0 Å². The van der Waals surface area contributed by atoms with E-state index in [0.29, 0.717) is 18.1 Å². The van der Waals surface area contributed by atoms with Crippen molar-refractivity contribution in [1.29, 1.82) is 0 Å². The van der Waals surface area contributed by atoms with Gasteiger partial charge in [-0.3, -0.25) is 4.79 Å². The lowest BCUT2D eigenvalue weighted by atomic mass is 10.1. The minimum Gasteiger partial charge on any atom is -0.618 e. The SMILES string of the molecule is O=C(CSc1cccc[n+]1[O-])N(CCc1ccccc1)Cc1ccccc1. The number of aromatic nitrogens is 1. The highest BCUT2D eigenvalue weighted by molar-refractivity contribution is 7.99. The molecule has 0 spiro atoms. The summed E-state index contributed by atoms with van der Waals surface area (Å²) in [6.45, 7) is 1.21. The van der Waals surface area contributed by atoms with E-state index in [4.69, 9.17) is 0 Å². The summed E-state index contributed by atoms with van der Waals surface area (Å²) in [5, 5.41) is 12.3. The van der Waals surface area contributed by atoms with Gasteiger partial charge in [0, 0.05) is 25.2 Å². The number of hydrogen-bond acceptors (Lipinski definition) is 3. The summed E-state index contributed by atoms with van der Waals surface area (Å²) in [7, 11) is 0. The molecule has 0 bridgehead atoms. The molecule has 1 aromatic heterocycles. The highest BCUT2D eigenvalue weighted by Gasteiger charge is 2.16. The van der Waals surface area contributed by atoms with Crippen LogP contribution in [0.3, 0.4) is 0 Å². The van der Waals surface area contributed by atoms with E-state index in [-0.39, 0.29) is 11.7 Å². The number of rotatable bonds is 8. The first-order valence-electron chi connectivity index (χ1n) is 8.89. The lowest BCUT2D eigenvalue weighted by Crippen LogP contribution is -2.34. The normalized spacial score (nSPS) is 10.5. The zero-order valence-electron chi connectivity index (χ0n) is 15.0. The second-order valence-corrected chi connectivity index (χ2v) is 7.19. The molecule has 5 heteroatoms. The van der Waals surface area contributed by atoms with Crippen LogP contribution in [0.1, 0.15) is 11.1 Å². The number of hydrogen-bond donors (Lipinski definition) is 0. The van der Waals surface area contributed by atoms with E-state index >= 15 is 0 Å². The maximum Gasteiger partial charge on any atom is 0.251 e. The molecule has 0 aliphatic rings. The van der Waals surface area contributed by atoms with Crippen molar-refractivity contribution in [3.63, 3.8) is 0 Å². The Morgan fingerprint density at radius 2 is 1.52 bits per heavy atom. The van der Waals surface area contributed by atoms with Gasteiger partial charge in [0.15, 0.2) is 6.20 Å². The van der Waals surface area contributed by atoms with Gasteiger partial charge in [-0.15, -0.1) is 0 Å². The lowest BCUT2D eigenvalue weighted by Gasteiger charge is -2.23. The third kappa shape index (κ3) is 5.86. The number of carbonyl (C=O) groups is 1. The third-order valence-electron chi connectivity index (χ3n) is 4.21. The van der Waals surface area contributed by atoms with Crippen molar-refractivity contribution in [3.8, 4) is 0 Å². The summed E-state index contributed by atoms with van der Waals surface area (Å²) in [6, 6.07) is 25.4. The molecule has 0 unspecified atom stereocenters. The van der Waals surface area contributed by atoms with E-state index in [0.717, 1.165) is 16.7 Å². The maximum atomic E-state index is 12.8. The van der Waals surface area contributed by atoms with Gasteiger partial charge in [-0.1, -0.05) is 60.7 Å². The standard InChI is InChI=1S/C22H22N2O2S/c25-21(18-27-22-13-7-8-15-24(22)26)23(17-20-11-5-2-6-12-20)16-14-19-9-3-1-4-10-19/h1-13,15H,14,16-18H2. The number of thioether (sulfide) groups is 1. The van der Waals surface area contributed by atoms with E-state index in [1.165, 1.54) is 23.5 Å². The first-order chi connectivity index (χ1) is 13.2. The fraction of sp³-hybridized carbons (Fsp3) is 0.182. The van der Waals surface area contributed by atoms with Gasteiger partial charge < -0.3 is 10.1 Å². The largest absolute Gasteiger partial charge is 0.618 e. The highest BCUT2D eigenvalue weighted by Crippen LogP contribution is 2.15. The first-order valence-corrected chi connectivity index (χ1v) is 9.87. The number of nitrogens with zero attached hydrogens (tertiary/aromatic N) is 2. The Bertz CT molecular complexity index is 856. The molecule has 0 atom stereocenters. The van der Waals surface area contributed by atoms with E-state index < -0.39 is 0 Å². The molecular formula is C22H22N2O2S. The molecule has 0 aliphatic carbocycles. The first kappa shape index (κ1) is 19.0. The Morgan fingerprint density at radius 1 is 0.889 bits per heavy atom. The van der Waals surface area contributed by atoms with Crippen LogP contribution in [0.25, 0.3) is 0 Å². The number of amides is 1. The minimum atomic E-state index is 0.0311. The van der Waals surface area contributed by atoms with Gasteiger partial charge in [0.1, 0.15) is 0 Å². The Balaban J connectivity index is 1.66. The van der Waals surface area contributed by atoms with Crippen molar-refractivity contribution in [2.75, 3.05) is 12.3 Å². The van der Waals surface area contributed by atoms with E-state index in [9.17, 15) is 10.0 Å². The smallest absolute Gasteiger partial charge is 0.251 e. The topological polar surface area (TPSA) is 47.2 Å². The quantitative estimate of drug-likeness (QED) is 0.341. The Morgan fingerprint density at radius 3 is 2.19 bits per heavy atom. The summed E-state index contributed by atoms with van der Waals surface area (Å²) < 4.78 is 0.795. The second kappa shape index (κ2) is 9.78. The molecule has 1 heterocycles. The van der Waals surface area contributed by atoms with Crippen LogP contribution in [0.5, 0.6) is 0 Å². The third-order valence-corrected chi connectivity index (χ3v) is 5.22. The predicted octanol–water partition coefficient (Wildman–Crippen LogP) is 3.68. The predicted molar refractivity (Wildman–Crippen MR) is 108 cm³/mol. The molecular weight excluding hydrogens is 356 g/mol. The number of carbonyl (C=O) groups excluding carboxylic acids is 1. The molecule has 0 saturated heterocycles. The zero-order valence-corrected chi connectivity index (χ0v) is 15.8. The van der Waals surface area contributed by atoms with Crippen molar-refractivity contribution in [3.05, 3.63) is 101 Å². The average Bonchev–Trinajstić information content (AvgIpc) is 2.72. The van der Waals surface area contributed by atoms with E-state index in [1.807, 2.05) is 53.4 Å². The van der Waals surface area contributed by atoms with E-state index in [2.05, 4.69) is 12.1 Å². The van der Waals surface area contributed by atoms with Gasteiger partial charge in [-0.05, 0) is 35.4 Å². The molecule has 0 N–H and O–H groups in total. The maximum absolute atomic E-state index is 12.8. The van der Waals surface area contributed by atoms with Crippen LogP contribution < -0.4 is 4.73 Å². The molecule has 1 amide bonds. The van der Waals surface area contributed by atoms with Crippen molar-refractivity contribution in [2.24, 2.45) is 0 Å². The molecule has 0 radical (unpaired) electrons. The number of pyridine rings is 1. The molecule has 138 valence electrons. The molecule has 0 fully saturated rings. The van der Waals surface area contributed by atoms with Crippen LogP contribution in [-0.2, 0) is 17.8 Å². The Hall–Kier alpha value is -2.79. The van der Waals surface area contributed by atoms with Crippen LogP contribution in [0.2, 0.25) is 0 Å². The number of benzene rings is 2. The van der Waals surface area contributed by atoms with Crippen LogP contribution in [0.15, 0.2) is 90.1 Å². The highest BCUT2D eigenvalue weighted by atomic mass is 32.2. The Kier molecular flexibility index (Phi) is 6.88. The zero-order chi connectivity index (χ0) is 18.9. The van der Waals surface area contributed by atoms with Gasteiger partial charge in [0.05, 0.1) is 5.75 Å². The molecule has 27 heavy (non-hydrogen) atoms. The summed E-state index contributed by atoms with van der Waals surface area (Å²) in [5.41, 5.74) is 2.30. The monoisotopic (exact) mass is 378 g/mol. The molecule has 3 rings (SSSR count). The van der Waals surface area contributed by atoms with Crippen molar-refractivity contribution >= 4 is 17.7 Å². The summed E-state index contributed by atoms with van der Waals surface area (Å²) in [6.07, 6.45) is 2.25. The van der Waals surface area contributed by atoms with Gasteiger partial charge in [0.2, 0.25) is 5.91 Å². The fourth-order valence-corrected chi connectivity index (χ4v) is 3.57. The lowest BCUT2D eigenvalue weighted by molar-refractivity contribution is -0.645. The second-order valence-electron chi connectivity index (χ2n) is 6.19. The Labute approximate surface area is 164 Å². The average molecular weight is 378 g/mol. The van der Waals surface area contributed by atoms with E-state index in [1.54, 1.807) is 18.2 Å². The van der Waals surface area contributed by atoms with Crippen molar-refractivity contribution in [1.82, 2.24) is 4.90 Å². The molecule has 3 aromatic rings. The molecule has 0 aliphatic heterocycles. The van der Waals surface area contributed by atoms with Gasteiger partial charge in [0.25, 0.3) is 5.03 Å². The van der Waals surface area contributed by atoms with Crippen molar-refractivity contribution < 1.29 is 9.52 Å². The van der Waals surface area contributed by atoms with Gasteiger partial charge >= 0.3 is 0 Å². The van der Waals surface area contributed by atoms with Gasteiger partial charge in [-0.25, -0.2) is 0 Å². The summed E-state index contributed by atoms with van der Waals surface area (Å²) in [5.74, 6) is 0.275. The summed E-state index contributed by atoms with van der Waals surface area (Å²) in [4.78, 5) is 14.7. The fourth-order valence-electron chi connectivity index (χ4n) is 2.76. The minimum absolute atomic E-state index is 0.0311. The molecule has 0 saturated carbocycles.